The molecule has 1 aliphatic carbocycles. The van der Waals surface area contributed by atoms with Gasteiger partial charge in [0.15, 0.2) is 0 Å². The molecule has 0 spiro atoms. The Morgan fingerprint density at radius 2 is 1.74 bits per heavy atom. The molecular weight excluding hydrogens is 402 g/mol. The summed E-state index contributed by atoms with van der Waals surface area (Å²) in [7, 11) is 0. The van der Waals surface area contributed by atoms with Crippen LogP contribution in [0.5, 0.6) is 0 Å². The fourth-order valence-corrected chi connectivity index (χ4v) is 4.12. The number of imide groups is 1. The summed E-state index contributed by atoms with van der Waals surface area (Å²) in [5.74, 6) is -2.30. The minimum atomic E-state index is -0.630. The maximum Gasteiger partial charge on any atom is 0.374 e. The first-order chi connectivity index (χ1) is 15.0. The van der Waals surface area contributed by atoms with Crippen LogP contribution in [0, 0.1) is 11.8 Å². The average Bonchev–Trinajstić information content (AvgIpc) is 3.27. The Morgan fingerprint density at radius 3 is 2.42 bits per heavy atom. The molecule has 8 heteroatoms. The van der Waals surface area contributed by atoms with E-state index in [1.165, 1.54) is 4.90 Å². The molecule has 162 valence electrons. The SMILES string of the molecule is CCOC(=O)c1oc2ccccc2c1COC(=O)CCN1C(=O)[C@H]2CC=CC[C@@H]2C1=O. The molecule has 4 rings (SSSR count). The third-order valence-corrected chi connectivity index (χ3v) is 5.68. The molecule has 2 amide bonds. The number of carbonyl (C=O) groups is 4. The van der Waals surface area contributed by atoms with E-state index in [1.54, 1.807) is 31.2 Å². The van der Waals surface area contributed by atoms with Gasteiger partial charge >= 0.3 is 11.9 Å². The Morgan fingerprint density at radius 1 is 1.06 bits per heavy atom. The number of fused-ring (bicyclic) bond motifs is 2. The summed E-state index contributed by atoms with van der Waals surface area (Å²) in [4.78, 5) is 50.7. The summed E-state index contributed by atoms with van der Waals surface area (Å²) in [6.07, 6.45) is 4.83. The molecule has 2 aliphatic rings. The maximum atomic E-state index is 12.5. The van der Waals surface area contributed by atoms with Crippen molar-refractivity contribution in [3.63, 3.8) is 0 Å². The Balaban J connectivity index is 1.40. The molecule has 31 heavy (non-hydrogen) atoms. The highest BCUT2D eigenvalue weighted by molar-refractivity contribution is 6.05. The van der Waals surface area contributed by atoms with Crippen molar-refractivity contribution in [1.82, 2.24) is 4.90 Å². The number of benzene rings is 1. The van der Waals surface area contributed by atoms with Crippen LogP contribution < -0.4 is 0 Å². The van der Waals surface area contributed by atoms with Crippen molar-refractivity contribution in [2.24, 2.45) is 11.8 Å². The van der Waals surface area contributed by atoms with E-state index in [2.05, 4.69) is 0 Å². The molecule has 0 bridgehead atoms. The van der Waals surface area contributed by atoms with E-state index in [0.29, 0.717) is 29.4 Å². The van der Waals surface area contributed by atoms with E-state index < -0.39 is 11.9 Å². The third-order valence-electron chi connectivity index (χ3n) is 5.68. The molecule has 0 N–H and O–H groups in total. The van der Waals surface area contributed by atoms with Crippen molar-refractivity contribution in [2.45, 2.75) is 32.8 Å². The Bertz CT molecular complexity index is 1040. The van der Waals surface area contributed by atoms with Crippen molar-refractivity contribution in [2.75, 3.05) is 13.2 Å². The highest BCUT2D eigenvalue weighted by atomic mass is 16.5. The molecule has 2 heterocycles. The zero-order chi connectivity index (χ0) is 22.0. The number of nitrogens with zero attached hydrogens (tertiary/aromatic N) is 1. The van der Waals surface area contributed by atoms with Crippen molar-refractivity contribution in [1.29, 1.82) is 0 Å². The van der Waals surface area contributed by atoms with Gasteiger partial charge < -0.3 is 13.9 Å². The van der Waals surface area contributed by atoms with E-state index in [9.17, 15) is 19.2 Å². The van der Waals surface area contributed by atoms with Gasteiger partial charge in [0, 0.05) is 11.9 Å². The van der Waals surface area contributed by atoms with Crippen LogP contribution in [-0.2, 0) is 30.5 Å². The van der Waals surface area contributed by atoms with Gasteiger partial charge in [-0.15, -0.1) is 0 Å². The number of esters is 2. The second-order valence-electron chi connectivity index (χ2n) is 7.52. The van der Waals surface area contributed by atoms with Gasteiger partial charge in [0.1, 0.15) is 12.2 Å². The molecule has 1 aromatic heterocycles. The van der Waals surface area contributed by atoms with Crippen molar-refractivity contribution in [3.05, 3.63) is 47.7 Å². The highest BCUT2D eigenvalue weighted by Gasteiger charge is 2.46. The molecule has 2 atom stereocenters. The molecule has 1 fully saturated rings. The number of amides is 2. The van der Waals surface area contributed by atoms with Crippen LogP contribution in [0.25, 0.3) is 11.0 Å². The highest BCUT2D eigenvalue weighted by Crippen LogP contribution is 2.35. The van der Waals surface area contributed by atoms with E-state index in [-0.39, 0.29) is 55.6 Å². The topological polar surface area (TPSA) is 103 Å². The number of furan rings is 1. The maximum absolute atomic E-state index is 12.5. The lowest BCUT2D eigenvalue weighted by Crippen LogP contribution is -2.33. The van der Waals surface area contributed by atoms with Gasteiger partial charge in [-0.3, -0.25) is 19.3 Å². The smallest absolute Gasteiger partial charge is 0.374 e. The predicted octanol–water partition coefficient (Wildman–Crippen LogP) is 2.99. The van der Waals surface area contributed by atoms with Crippen molar-refractivity contribution >= 4 is 34.7 Å². The van der Waals surface area contributed by atoms with E-state index >= 15 is 0 Å². The van der Waals surface area contributed by atoms with Crippen LogP contribution in [0.1, 0.15) is 42.3 Å². The van der Waals surface area contributed by atoms with Crippen LogP contribution in [0.3, 0.4) is 0 Å². The van der Waals surface area contributed by atoms with Gasteiger partial charge in [0.05, 0.1) is 30.4 Å². The number of hydrogen-bond acceptors (Lipinski definition) is 7. The summed E-state index contributed by atoms with van der Waals surface area (Å²) in [6, 6.07) is 7.04. The number of hydrogen-bond donors (Lipinski definition) is 0. The van der Waals surface area contributed by atoms with E-state index in [4.69, 9.17) is 13.9 Å². The molecule has 8 nitrogen and oxygen atoms in total. The molecule has 0 saturated carbocycles. The quantitative estimate of drug-likeness (QED) is 0.382. The fraction of sp³-hybridized carbons (Fsp3) is 0.391. The third kappa shape index (κ3) is 3.97. The summed E-state index contributed by atoms with van der Waals surface area (Å²) in [5.41, 5.74) is 0.911. The minimum Gasteiger partial charge on any atom is -0.461 e. The van der Waals surface area contributed by atoms with Crippen LogP contribution in [0.4, 0.5) is 0 Å². The first-order valence-electron chi connectivity index (χ1n) is 10.3. The zero-order valence-corrected chi connectivity index (χ0v) is 17.2. The average molecular weight is 425 g/mol. The number of allylic oxidation sites excluding steroid dienone is 2. The lowest BCUT2D eigenvalue weighted by atomic mass is 9.85. The second-order valence-corrected chi connectivity index (χ2v) is 7.52. The number of rotatable bonds is 7. The van der Waals surface area contributed by atoms with Crippen LogP contribution >= 0.6 is 0 Å². The first kappa shape index (κ1) is 20.8. The number of likely N-dealkylation sites (tertiary alicyclic amines) is 1. The van der Waals surface area contributed by atoms with Gasteiger partial charge in [0.25, 0.3) is 0 Å². The van der Waals surface area contributed by atoms with E-state index in [0.717, 1.165) is 0 Å². The summed E-state index contributed by atoms with van der Waals surface area (Å²) in [5, 5.41) is 0.653. The predicted molar refractivity (Wildman–Crippen MR) is 109 cm³/mol. The fourth-order valence-electron chi connectivity index (χ4n) is 4.12. The summed E-state index contributed by atoms with van der Waals surface area (Å²) < 4.78 is 16.0. The number of ether oxygens (including phenoxy) is 2. The van der Waals surface area contributed by atoms with Crippen molar-refractivity contribution in [3.8, 4) is 0 Å². The first-order valence-corrected chi connectivity index (χ1v) is 10.3. The lowest BCUT2D eigenvalue weighted by molar-refractivity contribution is -0.146. The second kappa shape index (κ2) is 8.75. The van der Waals surface area contributed by atoms with Crippen LogP contribution in [-0.4, -0.2) is 41.8 Å². The zero-order valence-electron chi connectivity index (χ0n) is 17.2. The minimum absolute atomic E-state index is 0.00248. The number of carbonyl (C=O) groups excluding carboxylic acids is 4. The largest absolute Gasteiger partial charge is 0.461 e. The molecule has 0 radical (unpaired) electrons. The van der Waals surface area contributed by atoms with Gasteiger partial charge in [-0.2, -0.15) is 0 Å². The molecule has 2 aromatic rings. The van der Waals surface area contributed by atoms with Crippen LogP contribution in [0.2, 0.25) is 0 Å². The molecule has 1 saturated heterocycles. The molecule has 0 unspecified atom stereocenters. The number of para-hydroxylation sites is 1. The Hall–Kier alpha value is -3.42. The van der Waals surface area contributed by atoms with Gasteiger partial charge in [-0.1, -0.05) is 30.4 Å². The van der Waals surface area contributed by atoms with Gasteiger partial charge in [-0.25, -0.2) is 4.79 Å². The molecule has 1 aromatic carbocycles. The monoisotopic (exact) mass is 425 g/mol. The van der Waals surface area contributed by atoms with Crippen molar-refractivity contribution < 1.29 is 33.1 Å². The molecular formula is C23H23NO7. The lowest BCUT2D eigenvalue weighted by Gasteiger charge is -2.14. The standard InChI is InChI=1S/C23H23NO7/c1-2-29-23(28)20-17(14-7-5-6-10-18(14)31-20)13-30-19(25)11-12-24-21(26)15-8-3-4-9-16(15)22(24)27/h3-7,10,15-16H,2,8-9,11-13H2,1H3/t15-,16-/m0/s1. The van der Waals surface area contributed by atoms with Gasteiger partial charge in [-0.05, 0) is 25.8 Å². The molecule has 1 aliphatic heterocycles. The van der Waals surface area contributed by atoms with E-state index in [1.807, 2.05) is 12.2 Å². The normalized spacial score (nSPS) is 20.2. The summed E-state index contributed by atoms with van der Waals surface area (Å²) in [6.45, 7) is 1.68. The Kier molecular flexibility index (Phi) is 5.88. The summed E-state index contributed by atoms with van der Waals surface area (Å²) >= 11 is 0. The van der Waals surface area contributed by atoms with Gasteiger partial charge in [0.2, 0.25) is 17.6 Å². The van der Waals surface area contributed by atoms with Crippen LogP contribution in [0.15, 0.2) is 40.8 Å². The Labute approximate surface area is 178 Å².